The van der Waals surface area contributed by atoms with Crippen LogP contribution in [0, 0.1) is 17.8 Å². The summed E-state index contributed by atoms with van der Waals surface area (Å²) in [6.07, 6.45) is 4.92. The van der Waals surface area contributed by atoms with Crippen LogP contribution in [0.15, 0.2) is 56.3 Å². The van der Waals surface area contributed by atoms with Gasteiger partial charge in [-0.15, -0.1) is 15.7 Å². The number of nitrogens with zero attached hydrogens (tertiary/aromatic N) is 2. The minimum absolute atomic E-state index is 0.0841. The van der Waals surface area contributed by atoms with Crippen LogP contribution < -0.4 is 10.0 Å². The van der Waals surface area contributed by atoms with Gasteiger partial charge in [0.25, 0.3) is 15.9 Å². The van der Waals surface area contributed by atoms with E-state index < -0.39 is 26.0 Å². The van der Waals surface area contributed by atoms with Gasteiger partial charge in [0.05, 0.1) is 6.26 Å². The molecule has 7 rings (SSSR count). The molecule has 3 N–H and O–H groups in total. The fourth-order valence-corrected chi connectivity index (χ4v) is 9.50. The van der Waals surface area contributed by atoms with Gasteiger partial charge in [-0.05, 0) is 48.5 Å². The Balaban J connectivity index is 1.41. The molecule has 5 aliphatic rings. The maximum atomic E-state index is 14.0. The number of thiophene rings is 1. The molecular formula is C25H28N4O6S3. The summed E-state index contributed by atoms with van der Waals surface area (Å²) in [6, 6.07) is 9.49. The van der Waals surface area contributed by atoms with Gasteiger partial charge in [0, 0.05) is 30.6 Å². The first-order valence-electron chi connectivity index (χ1n) is 12.5. The standard InChI is InChI=1S/C25H28N4O6S3/c1-37(32,33)26-11-17-13-36-24-22(17)38(34,35)28-23(27-24)19-21(30)18-15-7-9-16(10-8-15)20(18)29(25(19)31)12-14-5-3-2-4-6-14/h2-6,13,15-16,18,20,26,30H,7-12H2,1H3,(H,27,28)/t15?,16?,18-,20+/m1/s1. The van der Waals surface area contributed by atoms with Gasteiger partial charge in [-0.1, -0.05) is 30.3 Å². The molecule has 38 heavy (non-hydrogen) atoms. The second kappa shape index (κ2) is 9.18. The van der Waals surface area contributed by atoms with Crippen molar-refractivity contribution in [2.45, 2.75) is 49.7 Å². The number of hydrogen-bond donors (Lipinski definition) is 3. The van der Waals surface area contributed by atoms with Crippen LogP contribution in [0.4, 0.5) is 5.00 Å². The van der Waals surface area contributed by atoms with Crippen molar-refractivity contribution in [3.8, 4) is 0 Å². The van der Waals surface area contributed by atoms with E-state index in [0.29, 0.717) is 6.54 Å². The SMILES string of the molecule is CS(=O)(=O)NCc1csc2c1S(=O)(=O)N=C(C1=C(O)[C@@H]3C4CCC(CC4)[C@@H]3N(Cc3ccccc3)C1=O)N2. The molecular weight excluding hydrogens is 548 g/mol. The van der Waals surface area contributed by atoms with Gasteiger partial charge in [0.1, 0.15) is 21.2 Å². The fraction of sp³-hybridized carbons (Fsp3) is 0.440. The normalized spacial score (nSPS) is 28.0. The molecule has 202 valence electrons. The summed E-state index contributed by atoms with van der Waals surface area (Å²) in [5, 5.41) is 16.3. The summed E-state index contributed by atoms with van der Waals surface area (Å²) < 4.78 is 55.9. The number of sulfonamides is 2. The molecule has 0 unspecified atom stereocenters. The zero-order chi connectivity index (χ0) is 26.8. The van der Waals surface area contributed by atoms with Crippen molar-refractivity contribution in [3.05, 3.63) is 58.2 Å². The predicted octanol–water partition coefficient (Wildman–Crippen LogP) is 2.97. The van der Waals surface area contributed by atoms with Gasteiger partial charge in [0.2, 0.25) is 10.0 Å². The maximum absolute atomic E-state index is 14.0. The van der Waals surface area contributed by atoms with Crippen molar-refractivity contribution in [3.63, 3.8) is 0 Å². The molecule has 0 saturated heterocycles. The number of carbonyl (C=O) groups is 1. The van der Waals surface area contributed by atoms with E-state index in [2.05, 4.69) is 14.4 Å². The Labute approximate surface area is 225 Å². The number of hydrogen-bond acceptors (Lipinski definition) is 8. The van der Waals surface area contributed by atoms with Crippen LogP contribution in [0.3, 0.4) is 0 Å². The molecule has 1 aromatic carbocycles. The zero-order valence-corrected chi connectivity index (χ0v) is 23.1. The number of carbonyl (C=O) groups excluding carboxylic acids is 1. The Bertz CT molecular complexity index is 1570. The predicted molar refractivity (Wildman–Crippen MR) is 144 cm³/mol. The largest absolute Gasteiger partial charge is 0.511 e. The molecule has 1 amide bonds. The first kappa shape index (κ1) is 25.5. The second-order valence-corrected chi connectivity index (χ2v) is 14.7. The van der Waals surface area contributed by atoms with Gasteiger partial charge in [-0.2, -0.15) is 8.42 Å². The molecule has 2 aromatic rings. The Morgan fingerprint density at radius 3 is 2.53 bits per heavy atom. The van der Waals surface area contributed by atoms with E-state index in [9.17, 15) is 26.7 Å². The molecule has 0 spiro atoms. The van der Waals surface area contributed by atoms with E-state index in [1.807, 2.05) is 30.3 Å². The monoisotopic (exact) mass is 576 g/mol. The number of aliphatic hydroxyl groups is 1. The molecule has 3 fully saturated rings. The first-order chi connectivity index (χ1) is 18.0. The van der Waals surface area contributed by atoms with Gasteiger partial charge < -0.3 is 15.3 Å². The number of rotatable bonds is 6. The van der Waals surface area contributed by atoms with Crippen LogP contribution in [0.1, 0.15) is 36.8 Å². The van der Waals surface area contributed by atoms with Gasteiger partial charge >= 0.3 is 0 Å². The number of anilines is 1. The number of nitrogens with one attached hydrogen (secondary N) is 2. The third kappa shape index (κ3) is 4.34. The van der Waals surface area contributed by atoms with E-state index in [4.69, 9.17) is 0 Å². The molecule has 3 saturated carbocycles. The average Bonchev–Trinajstić information content (AvgIpc) is 3.30. The summed E-state index contributed by atoms with van der Waals surface area (Å²) in [5.41, 5.74) is 1.11. The Morgan fingerprint density at radius 1 is 1.16 bits per heavy atom. The summed E-state index contributed by atoms with van der Waals surface area (Å²) >= 11 is 1.08. The van der Waals surface area contributed by atoms with E-state index in [-0.39, 0.29) is 63.0 Å². The lowest BCUT2D eigenvalue weighted by molar-refractivity contribution is -0.140. The topological polar surface area (TPSA) is 145 Å². The van der Waals surface area contributed by atoms with Crippen molar-refractivity contribution >= 4 is 48.1 Å². The quantitative estimate of drug-likeness (QED) is 0.479. The van der Waals surface area contributed by atoms with Crippen LogP contribution in [0.25, 0.3) is 0 Å². The second-order valence-electron chi connectivity index (χ2n) is 10.4. The Hall–Kier alpha value is -2.74. The van der Waals surface area contributed by atoms with Crippen molar-refractivity contribution in [1.82, 2.24) is 9.62 Å². The maximum Gasteiger partial charge on any atom is 0.287 e. The van der Waals surface area contributed by atoms with E-state index in [1.165, 1.54) is 0 Å². The van der Waals surface area contributed by atoms with Crippen LogP contribution in [0.2, 0.25) is 0 Å². The highest BCUT2D eigenvalue weighted by Crippen LogP contribution is 2.52. The van der Waals surface area contributed by atoms with Gasteiger partial charge in [-0.25, -0.2) is 13.1 Å². The van der Waals surface area contributed by atoms with Crippen molar-refractivity contribution in [2.24, 2.45) is 22.2 Å². The van der Waals surface area contributed by atoms with E-state index in [0.717, 1.165) is 48.8 Å². The van der Waals surface area contributed by atoms with Crippen LogP contribution in [-0.2, 0) is 37.9 Å². The number of aliphatic hydroxyl groups excluding tert-OH is 1. The highest BCUT2D eigenvalue weighted by Gasteiger charge is 2.54. The molecule has 3 heterocycles. The smallest absolute Gasteiger partial charge is 0.287 e. The molecule has 2 aliphatic heterocycles. The van der Waals surface area contributed by atoms with Crippen molar-refractivity contribution in [2.75, 3.05) is 11.6 Å². The van der Waals surface area contributed by atoms with Crippen LogP contribution >= 0.6 is 11.3 Å². The summed E-state index contributed by atoms with van der Waals surface area (Å²) in [5.74, 6) is -0.509. The van der Waals surface area contributed by atoms with Gasteiger partial charge in [0.15, 0.2) is 5.84 Å². The third-order valence-electron chi connectivity index (χ3n) is 8.06. The molecule has 10 nitrogen and oxygen atoms in total. The number of fused-ring (bicyclic) bond motifs is 3. The number of benzene rings is 1. The van der Waals surface area contributed by atoms with Crippen molar-refractivity contribution < 1.29 is 26.7 Å². The van der Waals surface area contributed by atoms with Gasteiger partial charge in [-0.3, -0.25) is 4.79 Å². The minimum atomic E-state index is -4.27. The first-order valence-corrected chi connectivity index (χ1v) is 16.7. The highest BCUT2D eigenvalue weighted by atomic mass is 32.2. The molecule has 2 bridgehead atoms. The minimum Gasteiger partial charge on any atom is -0.511 e. The zero-order valence-electron chi connectivity index (χ0n) is 20.6. The lowest BCUT2D eigenvalue weighted by Crippen LogP contribution is -2.60. The number of amidine groups is 1. The molecule has 2 atom stereocenters. The molecule has 13 heteroatoms. The van der Waals surface area contributed by atoms with E-state index >= 15 is 0 Å². The summed E-state index contributed by atoms with van der Waals surface area (Å²) in [4.78, 5) is 15.7. The lowest BCUT2D eigenvalue weighted by Gasteiger charge is -2.54. The Morgan fingerprint density at radius 2 is 1.84 bits per heavy atom. The van der Waals surface area contributed by atoms with Crippen molar-refractivity contribution in [1.29, 1.82) is 0 Å². The summed E-state index contributed by atoms with van der Waals surface area (Å²) in [6.45, 7) is 0.146. The average molecular weight is 577 g/mol. The highest BCUT2D eigenvalue weighted by molar-refractivity contribution is 7.91. The fourth-order valence-electron chi connectivity index (χ4n) is 6.47. The Kier molecular flexibility index (Phi) is 6.17. The third-order valence-corrected chi connectivity index (χ3v) is 11.2. The lowest BCUT2D eigenvalue weighted by atomic mass is 9.59. The van der Waals surface area contributed by atoms with E-state index in [1.54, 1.807) is 10.3 Å². The summed E-state index contributed by atoms with van der Waals surface area (Å²) in [7, 11) is -7.81. The molecule has 3 aliphatic carbocycles. The van der Waals surface area contributed by atoms with Crippen LogP contribution in [-0.4, -0.2) is 50.9 Å². The molecule has 1 aromatic heterocycles. The number of amides is 1. The molecule has 0 radical (unpaired) electrons. The van der Waals surface area contributed by atoms with Crippen LogP contribution in [0.5, 0.6) is 0 Å².